The van der Waals surface area contributed by atoms with Gasteiger partial charge in [-0.3, -0.25) is 5.41 Å². The highest BCUT2D eigenvalue weighted by molar-refractivity contribution is 5.89. The molecule has 1 aliphatic carbocycles. The molecule has 0 aromatic heterocycles. The van der Waals surface area contributed by atoms with Gasteiger partial charge in [0.25, 0.3) is 0 Å². The second kappa shape index (κ2) is 3.77. The molecule has 0 spiro atoms. The summed E-state index contributed by atoms with van der Waals surface area (Å²) in [6.45, 7) is 2.32. The molecule has 0 fully saturated rings. The van der Waals surface area contributed by atoms with Crippen LogP contribution in [0.3, 0.4) is 0 Å². The minimum Gasteiger partial charge on any atom is -0.508 e. The van der Waals surface area contributed by atoms with Crippen LogP contribution in [0, 0.1) is 5.41 Å². The molecule has 2 N–H and O–H groups in total. The first-order chi connectivity index (χ1) is 7.24. The summed E-state index contributed by atoms with van der Waals surface area (Å²) in [5, 5.41) is 17.4. The highest BCUT2D eigenvalue weighted by atomic mass is 16.5. The van der Waals surface area contributed by atoms with Crippen molar-refractivity contribution in [1.29, 1.82) is 5.41 Å². The number of ether oxygens (including phenoxy) is 1. The molecule has 3 nitrogen and oxygen atoms in total. The lowest BCUT2D eigenvalue weighted by molar-refractivity contribution is 0.313. The van der Waals surface area contributed by atoms with Crippen LogP contribution in [-0.4, -0.2) is 17.6 Å². The third kappa shape index (κ3) is 1.61. The van der Waals surface area contributed by atoms with E-state index in [9.17, 15) is 5.11 Å². The summed E-state index contributed by atoms with van der Waals surface area (Å²) in [4.78, 5) is 0. The van der Waals surface area contributed by atoms with Gasteiger partial charge in [0, 0.05) is 5.56 Å². The van der Waals surface area contributed by atoms with E-state index in [0.29, 0.717) is 6.61 Å². The fourth-order valence-electron chi connectivity index (χ4n) is 1.80. The summed E-state index contributed by atoms with van der Waals surface area (Å²) in [6.07, 6.45) is 1.66. The zero-order valence-corrected chi connectivity index (χ0v) is 8.53. The van der Waals surface area contributed by atoms with Crippen molar-refractivity contribution in [1.82, 2.24) is 0 Å². The summed E-state index contributed by atoms with van der Waals surface area (Å²) in [7, 11) is 0. The number of hydrogen-bond donors (Lipinski definition) is 2. The zero-order chi connectivity index (χ0) is 10.8. The van der Waals surface area contributed by atoms with E-state index in [0.717, 1.165) is 11.1 Å². The summed E-state index contributed by atoms with van der Waals surface area (Å²) >= 11 is 0. The van der Waals surface area contributed by atoms with Crippen LogP contribution in [0.15, 0.2) is 30.3 Å². The fourth-order valence-corrected chi connectivity index (χ4v) is 1.80. The van der Waals surface area contributed by atoms with Crippen molar-refractivity contribution < 1.29 is 9.84 Å². The van der Waals surface area contributed by atoms with Gasteiger partial charge in [-0.2, -0.15) is 0 Å². The van der Waals surface area contributed by atoms with Crippen LogP contribution < -0.4 is 0 Å². The molecular formula is C12H13NO2. The molecule has 0 amide bonds. The topological polar surface area (TPSA) is 53.3 Å². The van der Waals surface area contributed by atoms with Gasteiger partial charge in [0.05, 0.1) is 12.5 Å². The zero-order valence-electron chi connectivity index (χ0n) is 8.53. The van der Waals surface area contributed by atoms with Gasteiger partial charge in [0.1, 0.15) is 5.76 Å². The van der Waals surface area contributed by atoms with Gasteiger partial charge >= 0.3 is 0 Å². The van der Waals surface area contributed by atoms with Crippen LogP contribution in [0.25, 0.3) is 5.76 Å². The Hall–Kier alpha value is -1.77. The monoisotopic (exact) mass is 203 g/mol. The lowest BCUT2D eigenvalue weighted by Crippen LogP contribution is -2.11. The smallest absolute Gasteiger partial charge is 0.192 e. The minimum atomic E-state index is -0.235. The van der Waals surface area contributed by atoms with E-state index >= 15 is 0 Å². The maximum absolute atomic E-state index is 9.68. The second-order valence-electron chi connectivity index (χ2n) is 3.41. The van der Waals surface area contributed by atoms with Crippen molar-refractivity contribution in [2.75, 3.05) is 6.61 Å². The Labute approximate surface area is 88.5 Å². The quantitative estimate of drug-likeness (QED) is 0.573. The molecule has 1 aliphatic rings. The largest absolute Gasteiger partial charge is 0.508 e. The Morgan fingerprint density at radius 3 is 2.93 bits per heavy atom. The Kier molecular flexibility index (Phi) is 2.46. The number of rotatable bonds is 2. The van der Waals surface area contributed by atoms with E-state index in [4.69, 9.17) is 10.1 Å². The first-order valence-electron chi connectivity index (χ1n) is 4.95. The highest BCUT2D eigenvalue weighted by Crippen LogP contribution is 2.34. The number of benzene rings is 1. The first kappa shape index (κ1) is 9.77. The van der Waals surface area contributed by atoms with Crippen LogP contribution in [0.2, 0.25) is 0 Å². The van der Waals surface area contributed by atoms with Crippen LogP contribution in [0.1, 0.15) is 24.0 Å². The Balaban J connectivity index is 2.35. The van der Waals surface area contributed by atoms with Crippen LogP contribution >= 0.6 is 0 Å². The van der Waals surface area contributed by atoms with Crippen LogP contribution in [0.5, 0.6) is 0 Å². The third-order valence-electron chi connectivity index (χ3n) is 2.48. The van der Waals surface area contributed by atoms with Gasteiger partial charge in [-0.05, 0) is 18.6 Å². The molecule has 1 unspecified atom stereocenters. The van der Waals surface area contributed by atoms with Gasteiger partial charge in [-0.1, -0.05) is 24.3 Å². The average Bonchev–Trinajstić information content (AvgIpc) is 2.58. The summed E-state index contributed by atoms with van der Waals surface area (Å²) < 4.78 is 5.16. The lowest BCUT2D eigenvalue weighted by Gasteiger charge is -2.11. The number of aliphatic hydroxyl groups is 1. The molecule has 0 saturated heterocycles. The van der Waals surface area contributed by atoms with Crippen molar-refractivity contribution in [3.8, 4) is 0 Å². The average molecular weight is 203 g/mol. The second-order valence-corrected chi connectivity index (χ2v) is 3.41. The molecule has 0 bridgehead atoms. The van der Waals surface area contributed by atoms with Gasteiger partial charge < -0.3 is 9.84 Å². The van der Waals surface area contributed by atoms with E-state index < -0.39 is 0 Å². The maximum Gasteiger partial charge on any atom is 0.192 e. The predicted molar refractivity (Wildman–Crippen MR) is 59.1 cm³/mol. The van der Waals surface area contributed by atoms with Crippen molar-refractivity contribution in [2.24, 2.45) is 0 Å². The van der Waals surface area contributed by atoms with Gasteiger partial charge in [0.2, 0.25) is 0 Å². The molecule has 0 radical (unpaired) electrons. The number of nitrogens with one attached hydrogen (secondary N) is 1. The molecule has 0 heterocycles. The summed E-state index contributed by atoms with van der Waals surface area (Å²) in [6, 6.07) is 7.53. The molecular weight excluding hydrogens is 190 g/mol. The fraction of sp³-hybridized carbons (Fsp3) is 0.250. The summed E-state index contributed by atoms with van der Waals surface area (Å²) in [5.74, 6) is 0.190. The van der Waals surface area contributed by atoms with Crippen molar-refractivity contribution in [3.05, 3.63) is 41.5 Å². The van der Waals surface area contributed by atoms with E-state index in [2.05, 4.69) is 0 Å². The van der Waals surface area contributed by atoms with Crippen molar-refractivity contribution in [2.45, 2.75) is 12.8 Å². The Bertz CT molecular complexity index is 423. The molecule has 1 atom stereocenters. The van der Waals surface area contributed by atoms with Crippen LogP contribution in [0.4, 0.5) is 0 Å². The normalized spacial score (nSPS) is 18.2. The Morgan fingerprint density at radius 1 is 1.47 bits per heavy atom. The lowest BCUT2D eigenvalue weighted by atomic mass is 10.0. The maximum atomic E-state index is 9.68. The molecule has 0 saturated carbocycles. The Morgan fingerprint density at radius 2 is 2.20 bits per heavy atom. The first-order valence-corrected chi connectivity index (χ1v) is 4.95. The predicted octanol–water partition coefficient (Wildman–Crippen LogP) is 2.70. The number of hydrogen-bond acceptors (Lipinski definition) is 3. The minimum absolute atomic E-state index is 0.189. The SMILES string of the molecule is CCOC(=N)C1C=C(O)c2ccccc21. The molecule has 1 aromatic carbocycles. The standard InChI is InChI=1S/C12H13NO2/c1-2-15-12(13)10-7-11(14)9-6-4-3-5-8(9)10/h3-7,10,13-14H,2H2,1H3. The molecule has 0 aliphatic heterocycles. The van der Waals surface area contributed by atoms with E-state index in [1.54, 1.807) is 6.08 Å². The molecule has 15 heavy (non-hydrogen) atoms. The molecule has 78 valence electrons. The molecule has 2 rings (SSSR count). The number of fused-ring (bicyclic) bond motifs is 1. The van der Waals surface area contributed by atoms with Gasteiger partial charge in [-0.25, -0.2) is 0 Å². The van der Waals surface area contributed by atoms with Gasteiger partial charge in [0.15, 0.2) is 5.90 Å². The molecule has 3 heteroatoms. The van der Waals surface area contributed by atoms with E-state index in [1.807, 2.05) is 31.2 Å². The van der Waals surface area contributed by atoms with Crippen molar-refractivity contribution >= 4 is 11.7 Å². The number of aliphatic hydroxyl groups excluding tert-OH is 1. The third-order valence-corrected chi connectivity index (χ3v) is 2.48. The molecule has 1 aromatic rings. The van der Waals surface area contributed by atoms with Gasteiger partial charge in [-0.15, -0.1) is 0 Å². The van der Waals surface area contributed by atoms with E-state index in [1.165, 1.54) is 0 Å². The van der Waals surface area contributed by atoms with Crippen molar-refractivity contribution in [3.63, 3.8) is 0 Å². The van der Waals surface area contributed by atoms with E-state index in [-0.39, 0.29) is 17.6 Å². The highest BCUT2D eigenvalue weighted by Gasteiger charge is 2.26. The summed E-state index contributed by atoms with van der Waals surface area (Å²) in [5.41, 5.74) is 1.74. The van der Waals surface area contributed by atoms with Crippen LogP contribution in [-0.2, 0) is 4.74 Å².